The van der Waals surface area contributed by atoms with Crippen molar-refractivity contribution in [1.29, 1.82) is 0 Å². The first-order valence-electron chi connectivity index (χ1n) is 5.79. The minimum atomic E-state index is -5.33. The fourth-order valence-electron chi connectivity index (χ4n) is 2.33. The van der Waals surface area contributed by atoms with E-state index in [2.05, 4.69) is 6.58 Å². The number of hydrogen-bond donors (Lipinski definition) is 0. The Morgan fingerprint density at radius 1 is 1.25 bits per heavy atom. The molecule has 2 rings (SSSR count). The Morgan fingerprint density at radius 3 is 2.30 bits per heavy atom. The van der Waals surface area contributed by atoms with Crippen molar-refractivity contribution < 1.29 is 21.6 Å². The van der Waals surface area contributed by atoms with Crippen LogP contribution in [0.1, 0.15) is 19.4 Å². The van der Waals surface area contributed by atoms with Gasteiger partial charge in [-0.1, -0.05) is 20.4 Å². The SMILES string of the molecule is C=C1N(C)c2ccc(S(=O)(=O)C(F)(F)F)cc2C1(C)C. The molecule has 1 aliphatic heterocycles. The van der Waals surface area contributed by atoms with Gasteiger partial charge in [0.15, 0.2) is 0 Å². The molecule has 1 aliphatic rings. The van der Waals surface area contributed by atoms with Gasteiger partial charge in [0.05, 0.1) is 4.90 Å². The van der Waals surface area contributed by atoms with Crippen molar-refractivity contribution in [1.82, 2.24) is 0 Å². The van der Waals surface area contributed by atoms with Gasteiger partial charge >= 0.3 is 5.51 Å². The molecule has 1 heterocycles. The van der Waals surface area contributed by atoms with E-state index in [0.29, 0.717) is 16.9 Å². The van der Waals surface area contributed by atoms with E-state index in [1.165, 1.54) is 6.07 Å². The summed E-state index contributed by atoms with van der Waals surface area (Å²) >= 11 is 0. The molecule has 0 atom stereocenters. The monoisotopic (exact) mass is 305 g/mol. The smallest absolute Gasteiger partial charge is 0.348 e. The van der Waals surface area contributed by atoms with Crippen molar-refractivity contribution in [3.8, 4) is 0 Å². The molecule has 0 aromatic heterocycles. The number of anilines is 1. The number of rotatable bonds is 1. The lowest BCUT2D eigenvalue weighted by atomic mass is 9.84. The van der Waals surface area contributed by atoms with Gasteiger partial charge in [-0.3, -0.25) is 0 Å². The van der Waals surface area contributed by atoms with E-state index >= 15 is 0 Å². The Balaban J connectivity index is 2.67. The summed E-state index contributed by atoms with van der Waals surface area (Å²) in [5.74, 6) is 0. The lowest BCUT2D eigenvalue weighted by molar-refractivity contribution is -0.0436. The normalized spacial score (nSPS) is 18.3. The molecule has 0 radical (unpaired) electrons. The largest absolute Gasteiger partial charge is 0.501 e. The molecule has 0 saturated carbocycles. The minimum absolute atomic E-state index is 0.523. The first kappa shape index (κ1) is 14.9. The Bertz CT molecular complexity index is 690. The maximum atomic E-state index is 12.6. The van der Waals surface area contributed by atoms with Crippen molar-refractivity contribution in [3.05, 3.63) is 36.0 Å². The van der Waals surface area contributed by atoms with Gasteiger partial charge in [0.2, 0.25) is 0 Å². The third kappa shape index (κ3) is 1.83. The number of halogens is 3. The number of fused-ring (bicyclic) bond motifs is 1. The highest BCUT2D eigenvalue weighted by Gasteiger charge is 2.48. The summed E-state index contributed by atoms with van der Waals surface area (Å²) in [4.78, 5) is 1.01. The topological polar surface area (TPSA) is 37.4 Å². The molecule has 20 heavy (non-hydrogen) atoms. The second kappa shape index (κ2) is 4.00. The van der Waals surface area contributed by atoms with Crippen LogP contribution in [0.5, 0.6) is 0 Å². The number of alkyl halides is 3. The molecule has 0 amide bonds. The van der Waals surface area contributed by atoms with Crippen LogP contribution in [0.4, 0.5) is 18.9 Å². The summed E-state index contributed by atoms with van der Waals surface area (Å²) in [7, 11) is -3.59. The van der Waals surface area contributed by atoms with Gasteiger partial charge in [-0.15, -0.1) is 0 Å². The summed E-state index contributed by atoms with van der Waals surface area (Å²) in [5.41, 5.74) is -4.01. The number of likely N-dealkylation sites (N-methyl/N-ethyl adjacent to an activating group) is 1. The van der Waals surface area contributed by atoms with E-state index < -0.39 is 25.7 Å². The highest BCUT2D eigenvalue weighted by atomic mass is 32.2. The molecule has 0 N–H and O–H groups in total. The molecule has 0 aliphatic carbocycles. The van der Waals surface area contributed by atoms with Crippen LogP contribution in [0.15, 0.2) is 35.4 Å². The zero-order valence-corrected chi connectivity index (χ0v) is 12.1. The first-order valence-corrected chi connectivity index (χ1v) is 7.28. The van der Waals surface area contributed by atoms with Crippen LogP contribution in [-0.2, 0) is 15.3 Å². The number of allylic oxidation sites excluding steroid dienone is 1. The quantitative estimate of drug-likeness (QED) is 0.799. The van der Waals surface area contributed by atoms with E-state index in [9.17, 15) is 21.6 Å². The van der Waals surface area contributed by atoms with Gasteiger partial charge in [-0.2, -0.15) is 13.2 Å². The molecule has 0 unspecified atom stereocenters. The Kier molecular flexibility index (Phi) is 2.98. The first-order chi connectivity index (χ1) is 8.90. The predicted molar refractivity (Wildman–Crippen MR) is 70.3 cm³/mol. The average molecular weight is 305 g/mol. The van der Waals surface area contributed by atoms with Crippen LogP contribution in [0.2, 0.25) is 0 Å². The molecule has 1 aromatic rings. The second-order valence-corrected chi connectivity index (χ2v) is 7.20. The van der Waals surface area contributed by atoms with Gasteiger partial charge in [0.1, 0.15) is 0 Å². The fourth-order valence-corrected chi connectivity index (χ4v) is 3.12. The summed E-state index contributed by atoms with van der Waals surface area (Å²) in [6, 6.07) is 3.45. The molecular formula is C13H14F3NO2S. The van der Waals surface area contributed by atoms with Crippen LogP contribution in [0, 0.1) is 0 Å². The molecule has 7 heteroatoms. The molecule has 0 bridgehead atoms. The average Bonchev–Trinajstić information content (AvgIpc) is 2.50. The van der Waals surface area contributed by atoms with Gasteiger partial charge < -0.3 is 4.90 Å². The number of benzene rings is 1. The Hall–Kier alpha value is -1.50. The van der Waals surface area contributed by atoms with E-state index in [0.717, 1.165) is 12.1 Å². The van der Waals surface area contributed by atoms with E-state index in [1.54, 1.807) is 25.8 Å². The minimum Gasteiger partial charge on any atom is -0.348 e. The molecule has 0 saturated heterocycles. The molecule has 110 valence electrons. The zero-order valence-electron chi connectivity index (χ0n) is 11.2. The van der Waals surface area contributed by atoms with Gasteiger partial charge in [-0.25, -0.2) is 8.42 Å². The Labute approximate surface area is 115 Å². The number of nitrogens with zero attached hydrogens (tertiary/aromatic N) is 1. The molecule has 0 fully saturated rings. The maximum absolute atomic E-state index is 12.6. The van der Waals surface area contributed by atoms with E-state index in [4.69, 9.17) is 0 Å². The molecule has 1 aromatic carbocycles. The Morgan fingerprint density at radius 2 is 1.80 bits per heavy atom. The van der Waals surface area contributed by atoms with Crippen molar-refractivity contribution in [2.75, 3.05) is 11.9 Å². The summed E-state index contributed by atoms with van der Waals surface area (Å²) in [6.07, 6.45) is 0. The highest BCUT2D eigenvalue weighted by Crippen LogP contribution is 2.47. The molecular weight excluding hydrogens is 291 g/mol. The third-order valence-corrected chi connectivity index (χ3v) is 5.23. The summed E-state index contributed by atoms with van der Waals surface area (Å²) in [5, 5.41) is 0. The lowest BCUT2D eigenvalue weighted by Crippen LogP contribution is -2.24. The molecule has 3 nitrogen and oxygen atoms in total. The fraction of sp³-hybridized carbons (Fsp3) is 0.385. The highest BCUT2D eigenvalue weighted by molar-refractivity contribution is 7.92. The lowest BCUT2D eigenvalue weighted by Gasteiger charge is -2.22. The summed E-state index contributed by atoms with van der Waals surface area (Å²) < 4.78 is 60.7. The zero-order chi connectivity index (χ0) is 15.5. The number of hydrogen-bond acceptors (Lipinski definition) is 3. The van der Waals surface area contributed by atoms with Crippen LogP contribution in [-0.4, -0.2) is 21.0 Å². The van der Waals surface area contributed by atoms with E-state index in [-0.39, 0.29) is 0 Å². The molecule has 0 spiro atoms. The van der Waals surface area contributed by atoms with Gasteiger partial charge in [-0.05, 0) is 23.8 Å². The van der Waals surface area contributed by atoms with Crippen molar-refractivity contribution >= 4 is 15.5 Å². The van der Waals surface area contributed by atoms with Crippen LogP contribution in [0.25, 0.3) is 0 Å². The standard InChI is InChI=1S/C13H14F3NO2S/c1-8-12(2,3)10-7-9(5-6-11(10)17(8)4)20(18,19)13(14,15)16/h5-7H,1H2,2-4H3. The van der Waals surface area contributed by atoms with Gasteiger partial charge in [0.25, 0.3) is 9.84 Å². The van der Waals surface area contributed by atoms with Crippen LogP contribution >= 0.6 is 0 Å². The van der Waals surface area contributed by atoms with Crippen molar-refractivity contribution in [3.63, 3.8) is 0 Å². The van der Waals surface area contributed by atoms with Gasteiger partial charge in [0, 0.05) is 23.8 Å². The summed E-state index contributed by atoms with van der Waals surface area (Å²) in [6.45, 7) is 7.48. The van der Waals surface area contributed by atoms with Crippen molar-refractivity contribution in [2.24, 2.45) is 0 Å². The van der Waals surface area contributed by atoms with Crippen LogP contribution in [0.3, 0.4) is 0 Å². The predicted octanol–water partition coefficient (Wildman–Crippen LogP) is 3.22. The van der Waals surface area contributed by atoms with Crippen molar-refractivity contribution in [2.45, 2.75) is 29.7 Å². The number of sulfone groups is 1. The second-order valence-electron chi connectivity index (χ2n) is 5.26. The maximum Gasteiger partial charge on any atom is 0.501 e. The van der Waals surface area contributed by atoms with Crippen LogP contribution < -0.4 is 4.90 Å². The van der Waals surface area contributed by atoms with E-state index in [1.807, 2.05) is 0 Å². The third-order valence-electron chi connectivity index (χ3n) is 3.74.